The van der Waals surface area contributed by atoms with Gasteiger partial charge in [-0.3, -0.25) is 14.9 Å². The number of carboxylic acid groups (broad SMARTS) is 1. The van der Waals surface area contributed by atoms with Crippen LogP contribution in [-0.4, -0.2) is 38.1 Å². The number of nitrogens with zero attached hydrogens (tertiary/aromatic N) is 1. The van der Waals surface area contributed by atoms with Crippen LogP contribution in [0.15, 0.2) is 23.1 Å². The molecule has 0 bridgehead atoms. The molecule has 1 aromatic carbocycles. The average molecular weight is 318 g/mol. The van der Waals surface area contributed by atoms with E-state index in [9.17, 15) is 23.3 Å². The molecule has 2 N–H and O–H groups in total. The van der Waals surface area contributed by atoms with Gasteiger partial charge in [-0.1, -0.05) is 6.92 Å². The summed E-state index contributed by atoms with van der Waals surface area (Å²) in [5, 5.41) is 19.4. The fraction of sp³-hybridized carbons (Fsp3) is 0.364. The van der Waals surface area contributed by atoms with Gasteiger partial charge in [0.1, 0.15) is 10.6 Å². The first-order chi connectivity index (χ1) is 9.69. The van der Waals surface area contributed by atoms with Gasteiger partial charge in [0.2, 0.25) is 10.0 Å². The molecule has 1 aromatic rings. The first-order valence-corrected chi connectivity index (χ1v) is 7.22. The SMILES string of the molecule is COc1ccc([N+](=O)[O-])cc1S(=O)(=O)NCC(C)C(=O)O. The Morgan fingerprint density at radius 3 is 2.62 bits per heavy atom. The maximum atomic E-state index is 12.1. The number of nitro benzene ring substituents is 1. The van der Waals surface area contributed by atoms with Crippen LogP contribution in [0.25, 0.3) is 0 Å². The van der Waals surface area contributed by atoms with Crippen LogP contribution < -0.4 is 9.46 Å². The number of aliphatic carboxylic acids is 1. The summed E-state index contributed by atoms with van der Waals surface area (Å²) in [6, 6.07) is 3.12. The fourth-order valence-electron chi connectivity index (χ4n) is 1.39. The van der Waals surface area contributed by atoms with Crippen LogP contribution in [0.2, 0.25) is 0 Å². The van der Waals surface area contributed by atoms with Crippen molar-refractivity contribution in [2.45, 2.75) is 11.8 Å². The molecular weight excluding hydrogens is 304 g/mol. The monoisotopic (exact) mass is 318 g/mol. The quantitative estimate of drug-likeness (QED) is 0.555. The summed E-state index contributed by atoms with van der Waals surface area (Å²) >= 11 is 0. The number of nitrogens with one attached hydrogen (secondary N) is 1. The Hall–Kier alpha value is -2.20. The lowest BCUT2D eigenvalue weighted by Gasteiger charge is -2.12. The summed E-state index contributed by atoms with van der Waals surface area (Å²) in [6.07, 6.45) is 0. The minimum absolute atomic E-state index is 0.0731. The zero-order valence-electron chi connectivity index (χ0n) is 11.3. The molecule has 0 saturated heterocycles. The molecule has 0 aliphatic carbocycles. The average Bonchev–Trinajstić information content (AvgIpc) is 2.43. The van der Waals surface area contributed by atoms with E-state index in [1.165, 1.54) is 14.0 Å². The summed E-state index contributed by atoms with van der Waals surface area (Å²) in [5.41, 5.74) is -0.414. The largest absolute Gasteiger partial charge is 0.495 e. The van der Waals surface area contributed by atoms with Crippen LogP contribution in [0, 0.1) is 16.0 Å². The molecule has 0 heterocycles. The Bertz CT molecular complexity index is 657. The molecule has 0 aliphatic rings. The summed E-state index contributed by atoms with van der Waals surface area (Å²) in [4.78, 5) is 20.2. The van der Waals surface area contributed by atoms with E-state index < -0.39 is 37.4 Å². The lowest BCUT2D eigenvalue weighted by molar-refractivity contribution is -0.385. The molecule has 0 radical (unpaired) electrons. The molecule has 21 heavy (non-hydrogen) atoms. The van der Waals surface area contributed by atoms with E-state index >= 15 is 0 Å². The highest BCUT2D eigenvalue weighted by molar-refractivity contribution is 7.89. The topological polar surface area (TPSA) is 136 Å². The van der Waals surface area contributed by atoms with Gasteiger partial charge in [0.25, 0.3) is 5.69 Å². The summed E-state index contributed by atoms with van der Waals surface area (Å²) in [6.45, 7) is 0.985. The van der Waals surface area contributed by atoms with Crippen molar-refractivity contribution in [3.63, 3.8) is 0 Å². The number of sulfonamides is 1. The lowest BCUT2D eigenvalue weighted by atomic mass is 10.2. The highest BCUT2D eigenvalue weighted by Gasteiger charge is 2.24. The number of ether oxygens (including phenoxy) is 1. The molecule has 0 saturated carbocycles. The van der Waals surface area contributed by atoms with E-state index in [1.807, 2.05) is 0 Å². The predicted octanol–water partition coefficient (Wildman–Crippen LogP) is 0.602. The van der Waals surface area contributed by atoms with Crippen molar-refractivity contribution in [3.05, 3.63) is 28.3 Å². The fourth-order valence-corrected chi connectivity index (χ4v) is 2.71. The smallest absolute Gasteiger partial charge is 0.307 e. The Morgan fingerprint density at radius 1 is 1.52 bits per heavy atom. The molecule has 0 fully saturated rings. The molecule has 116 valence electrons. The summed E-state index contributed by atoms with van der Waals surface area (Å²) < 4.78 is 31.2. The molecule has 10 heteroatoms. The number of nitro groups is 1. The molecule has 0 aromatic heterocycles. The Labute approximate surface area is 120 Å². The van der Waals surface area contributed by atoms with Gasteiger partial charge in [-0.15, -0.1) is 0 Å². The maximum Gasteiger partial charge on any atom is 0.307 e. The van der Waals surface area contributed by atoms with E-state index in [2.05, 4.69) is 4.72 Å². The minimum Gasteiger partial charge on any atom is -0.495 e. The van der Waals surface area contributed by atoms with Crippen LogP contribution in [-0.2, 0) is 14.8 Å². The molecule has 1 rings (SSSR count). The van der Waals surface area contributed by atoms with Crippen LogP contribution in [0.4, 0.5) is 5.69 Å². The Balaban J connectivity index is 3.14. The summed E-state index contributed by atoms with van der Waals surface area (Å²) in [7, 11) is -2.91. The predicted molar refractivity (Wildman–Crippen MR) is 71.6 cm³/mol. The number of benzene rings is 1. The number of methoxy groups -OCH3 is 1. The number of carboxylic acids is 1. The van der Waals surface area contributed by atoms with E-state index in [0.717, 1.165) is 18.2 Å². The highest BCUT2D eigenvalue weighted by Crippen LogP contribution is 2.27. The van der Waals surface area contributed by atoms with Gasteiger partial charge in [-0.25, -0.2) is 13.1 Å². The molecule has 0 aliphatic heterocycles. The molecular formula is C11H14N2O7S. The lowest BCUT2D eigenvalue weighted by Crippen LogP contribution is -2.31. The van der Waals surface area contributed by atoms with Crippen LogP contribution >= 0.6 is 0 Å². The molecule has 0 amide bonds. The Morgan fingerprint density at radius 2 is 2.14 bits per heavy atom. The molecule has 0 spiro atoms. The van der Waals surface area contributed by atoms with Crippen molar-refractivity contribution in [2.24, 2.45) is 5.92 Å². The second-order valence-electron chi connectivity index (χ2n) is 4.18. The minimum atomic E-state index is -4.13. The highest BCUT2D eigenvalue weighted by atomic mass is 32.2. The molecule has 1 unspecified atom stereocenters. The van der Waals surface area contributed by atoms with Gasteiger partial charge in [0.05, 0.1) is 18.0 Å². The van der Waals surface area contributed by atoms with Crippen molar-refractivity contribution in [3.8, 4) is 5.75 Å². The van der Waals surface area contributed by atoms with Gasteiger partial charge in [0.15, 0.2) is 0 Å². The van der Waals surface area contributed by atoms with Crippen molar-refractivity contribution in [2.75, 3.05) is 13.7 Å². The van der Waals surface area contributed by atoms with E-state index in [0.29, 0.717) is 0 Å². The summed E-state index contributed by atoms with van der Waals surface area (Å²) in [5.74, 6) is -2.18. The normalized spacial score (nSPS) is 12.7. The number of non-ortho nitro benzene ring substituents is 1. The standard InChI is InChI=1S/C11H14N2O7S/c1-7(11(14)15)6-12-21(18,19)10-5-8(13(16)17)3-4-9(10)20-2/h3-5,7,12H,6H2,1-2H3,(H,14,15). The number of carbonyl (C=O) groups is 1. The van der Waals surface area contributed by atoms with Crippen LogP contribution in [0.1, 0.15) is 6.92 Å². The number of rotatable bonds is 7. The van der Waals surface area contributed by atoms with Crippen molar-refractivity contribution >= 4 is 21.7 Å². The van der Waals surface area contributed by atoms with Crippen LogP contribution in [0.3, 0.4) is 0 Å². The molecule has 9 nitrogen and oxygen atoms in total. The van der Waals surface area contributed by atoms with Crippen molar-refractivity contribution < 1.29 is 28.0 Å². The zero-order chi connectivity index (χ0) is 16.2. The van der Waals surface area contributed by atoms with E-state index in [-0.39, 0.29) is 12.3 Å². The Kier molecular flexibility index (Phi) is 5.22. The first kappa shape index (κ1) is 16.9. The second-order valence-corrected chi connectivity index (χ2v) is 5.92. The van der Waals surface area contributed by atoms with Gasteiger partial charge < -0.3 is 9.84 Å². The first-order valence-electron chi connectivity index (χ1n) is 5.74. The van der Waals surface area contributed by atoms with Gasteiger partial charge in [-0.2, -0.15) is 0 Å². The van der Waals surface area contributed by atoms with E-state index in [4.69, 9.17) is 9.84 Å². The third-order valence-electron chi connectivity index (χ3n) is 2.65. The van der Waals surface area contributed by atoms with Gasteiger partial charge in [-0.05, 0) is 6.07 Å². The zero-order valence-corrected chi connectivity index (χ0v) is 12.1. The maximum absolute atomic E-state index is 12.1. The van der Waals surface area contributed by atoms with Gasteiger partial charge >= 0.3 is 5.97 Å². The van der Waals surface area contributed by atoms with Crippen LogP contribution in [0.5, 0.6) is 5.75 Å². The van der Waals surface area contributed by atoms with E-state index in [1.54, 1.807) is 0 Å². The number of hydrogen-bond donors (Lipinski definition) is 2. The number of hydrogen-bond acceptors (Lipinski definition) is 6. The third-order valence-corrected chi connectivity index (χ3v) is 4.09. The van der Waals surface area contributed by atoms with Crippen molar-refractivity contribution in [1.29, 1.82) is 0 Å². The van der Waals surface area contributed by atoms with Crippen molar-refractivity contribution in [1.82, 2.24) is 4.72 Å². The second kappa shape index (κ2) is 6.50. The molecule has 1 atom stereocenters. The third kappa shape index (κ3) is 4.13. The van der Waals surface area contributed by atoms with Gasteiger partial charge in [0, 0.05) is 18.7 Å².